The Morgan fingerprint density at radius 2 is 1.80 bits per heavy atom. The maximum absolute atomic E-state index is 11.8. The largest absolute Gasteiger partial charge is 0.351 e. The lowest BCUT2D eigenvalue weighted by molar-refractivity contribution is -0.122. The van der Waals surface area contributed by atoms with Gasteiger partial charge < -0.3 is 10.6 Å². The van der Waals surface area contributed by atoms with Crippen molar-refractivity contribution in [3.8, 4) is 0 Å². The first-order valence-electron chi connectivity index (χ1n) is 6.18. The average Bonchev–Trinajstić information content (AvgIpc) is 2.39. The predicted octanol–water partition coefficient (Wildman–Crippen LogP) is 1.70. The van der Waals surface area contributed by atoms with Gasteiger partial charge in [-0.15, -0.1) is 24.8 Å². The van der Waals surface area contributed by atoms with Crippen LogP contribution >= 0.6 is 36.4 Å². The van der Waals surface area contributed by atoms with Crippen molar-refractivity contribution in [1.29, 1.82) is 0 Å². The Hall–Kier alpha value is -0.520. The summed E-state index contributed by atoms with van der Waals surface area (Å²) in [5.74, 6) is 0.0758. The molecule has 2 rings (SSSR count). The lowest BCUT2D eigenvalue weighted by Crippen LogP contribution is -2.47. The molecular formula is C13H20Cl3N3O. The molecule has 2 N–H and O–H groups in total. The molecule has 1 aromatic carbocycles. The second-order valence-corrected chi connectivity index (χ2v) is 4.87. The first kappa shape index (κ1) is 19.5. The third-order valence-corrected chi connectivity index (χ3v) is 3.23. The van der Waals surface area contributed by atoms with Crippen LogP contribution in [-0.4, -0.2) is 43.5 Å². The Bertz CT molecular complexity index is 394. The number of hydrogen-bond acceptors (Lipinski definition) is 3. The number of carbonyl (C=O) groups excluding carboxylic acids is 1. The number of amides is 1. The van der Waals surface area contributed by atoms with Crippen molar-refractivity contribution in [2.75, 3.05) is 32.7 Å². The van der Waals surface area contributed by atoms with Crippen LogP contribution in [0.25, 0.3) is 0 Å². The van der Waals surface area contributed by atoms with Crippen molar-refractivity contribution >= 4 is 42.3 Å². The molecule has 0 saturated carbocycles. The summed E-state index contributed by atoms with van der Waals surface area (Å²) in [4.78, 5) is 13.9. The minimum Gasteiger partial charge on any atom is -0.351 e. The molecule has 1 heterocycles. The molecule has 1 fully saturated rings. The van der Waals surface area contributed by atoms with Crippen molar-refractivity contribution in [2.24, 2.45) is 0 Å². The van der Waals surface area contributed by atoms with Crippen molar-refractivity contribution in [1.82, 2.24) is 15.5 Å². The Labute approximate surface area is 137 Å². The number of halogens is 3. The van der Waals surface area contributed by atoms with Gasteiger partial charge in [0.15, 0.2) is 0 Å². The van der Waals surface area contributed by atoms with Crippen molar-refractivity contribution < 1.29 is 4.79 Å². The number of hydrogen-bond donors (Lipinski definition) is 2. The second kappa shape index (κ2) is 10.2. The van der Waals surface area contributed by atoms with Gasteiger partial charge in [0.2, 0.25) is 5.91 Å². The van der Waals surface area contributed by atoms with Crippen LogP contribution in [0.15, 0.2) is 24.3 Å². The smallest absolute Gasteiger partial charge is 0.234 e. The summed E-state index contributed by atoms with van der Waals surface area (Å²) in [6.45, 7) is 4.84. The lowest BCUT2D eigenvalue weighted by atomic mass is 10.2. The van der Waals surface area contributed by atoms with Crippen LogP contribution in [0.5, 0.6) is 0 Å². The highest BCUT2D eigenvalue weighted by Gasteiger charge is 2.12. The topological polar surface area (TPSA) is 44.4 Å². The van der Waals surface area contributed by atoms with Crippen LogP contribution in [0.1, 0.15) is 5.56 Å². The molecule has 0 bridgehead atoms. The van der Waals surface area contributed by atoms with Gasteiger partial charge in [0.25, 0.3) is 0 Å². The first-order chi connectivity index (χ1) is 8.74. The number of benzene rings is 1. The molecule has 1 aliphatic rings. The Kier molecular flexibility index (Phi) is 9.98. The zero-order valence-electron chi connectivity index (χ0n) is 11.1. The molecule has 0 aliphatic carbocycles. The fourth-order valence-electron chi connectivity index (χ4n) is 1.93. The minimum atomic E-state index is 0. The number of rotatable bonds is 4. The number of piperazine rings is 1. The standard InChI is InChI=1S/C13H18ClN3O.2ClH/c14-12-3-1-11(2-4-12)9-16-13(18)10-17-7-5-15-6-8-17;;/h1-4,15H,5-10H2,(H,16,18);2*1H. The number of nitrogens with one attached hydrogen (secondary N) is 2. The summed E-state index contributed by atoms with van der Waals surface area (Å²) >= 11 is 5.80. The van der Waals surface area contributed by atoms with E-state index in [9.17, 15) is 4.79 Å². The predicted molar refractivity (Wildman–Crippen MR) is 87.1 cm³/mol. The summed E-state index contributed by atoms with van der Waals surface area (Å²) in [5, 5.41) is 6.90. The zero-order chi connectivity index (χ0) is 12.8. The van der Waals surface area contributed by atoms with Crippen LogP contribution in [0.4, 0.5) is 0 Å². The number of nitrogens with zero attached hydrogens (tertiary/aromatic N) is 1. The van der Waals surface area contributed by atoms with E-state index < -0.39 is 0 Å². The molecule has 1 saturated heterocycles. The highest BCUT2D eigenvalue weighted by atomic mass is 35.5. The second-order valence-electron chi connectivity index (χ2n) is 4.43. The summed E-state index contributed by atoms with van der Waals surface area (Å²) in [6.07, 6.45) is 0. The zero-order valence-corrected chi connectivity index (χ0v) is 13.5. The van der Waals surface area contributed by atoms with E-state index in [-0.39, 0.29) is 30.7 Å². The maximum Gasteiger partial charge on any atom is 0.234 e. The van der Waals surface area contributed by atoms with Gasteiger partial charge in [0.05, 0.1) is 6.54 Å². The maximum atomic E-state index is 11.8. The molecule has 0 radical (unpaired) electrons. The van der Waals surface area contributed by atoms with E-state index in [4.69, 9.17) is 11.6 Å². The fourth-order valence-corrected chi connectivity index (χ4v) is 2.06. The molecule has 0 atom stereocenters. The van der Waals surface area contributed by atoms with Gasteiger partial charge in [-0.05, 0) is 17.7 Å². The van der Waals surface area contributed by atoms with Gasteiger partial charge >= 0.3 is 0 Å². The van der Waals surface area contributed by atoms with Gasteiger partial charge in [0.1, 0.15) is 0 Å². The van der Waals surface area contributed by atoms with E-state index in [2.05, 4.69) is 15.5 Å². The Balaban J connectivity index is 0.00000180. The highest BCUT2D eigenvalue weighted by Crippen LogP contribution is 2.09. The van der Waals surface area contributed by atoms with E-state index >= 15 is 0 Å². The van der Waals surface area contributed by atoms with Crippen molar-refractivity contribution in [3.05, 3.63) is 34.9 Å². The van der Waals surface area contributed by atoms with Crippen LogP contribution in [0.3, 0.4) is 0 Å². The lowest BCUT2D eigenvalue weighted by Gasteiger charge is -2.26. The summed E-state index contributed by atoms with van der Waals surface area (Å²) < 4.78 is 0. The SMILES string of the molecule is Cl.Cl.O=C(CN1CCNCC1)NCc1ccc(Cl)cc1. The van der Waals surface area contributed by atoms with E-state index in [1.54, 1.807) is 0 Å². The van der Waals surface area contributed by atoms with Gasteiger partial charge in [-0.25, -0.2) is 0 Å². The van der Waals surface area contributed by atoms with Gasteiger partial charge in [-0.1, -0.05) is 23.7 Å². The quantitative estimate of drug-likeness (QED) is 0.877. The third kappa shape index (κ3) is 6.77. The van der Waals surface area contributed by atoms with Gasteiger partial charge in [0, 0.05) is 37.7 Å². The molecule has 7 heteroatoms. The van der Waals surface area contributed by atoms with Crippen molar-refractivity contribution in [2.45, 2.75) is 6.54 Å². The summed E-state index contributed by atoms with van der Waals surface area (Å²) in [6, 6.07) is 7.51. The first-order valence-corrected chi connectivity index (χ1v) is 6.56. The normalized spacial score (nSPS) is 14.8. The van der Waals surface area contributed by atoms with Crippen LogP contribution < -0.4 is 10.6 Å². The molecule has 1 amide bonds. The third-order valence-electron chi connectivity index (χ3n) is 2.98. The van der Waals surface area contributed by atoms with E-state index in [0.29, 0.717) is 18.1 Å². The Morgan fingerprint density at radius 3 is 2.40 bits per heavy atom. The summed E-state index contributed by atoms with van der Waals surface area (Å²) in [5.41, 5.74) is 1.06. The molecule has 0 unspecified atom stereocenters. The van der Waals surface area contributed by atoms with Gasteiger partial charge in [-0.2, -0.15) is 0 Å². The van der Waals surface area contributed by atoms with E-state index in [0.717, 1.165) is 31.7 Å². The molecule has 20 heavy (non-hydrogen) atoms. The monoisotopic (exact) mass is 339 g/mol. The molecule has 0 spiro atoms. The molecule has 4 nitrogen and oxygen atoms in total. The Morgan fingerprint density at radius 1 is 1.20 bits per heavy atom. The number of carbonyl (C=O) groups is 1. The van der Waals surface area contributed by atoms with Crippen LogP contribution in [-0.2, 0) is 11.3 Å². The molecular weight excluding hydrogens is 321 g/mol. The highest BCUT2D eigenvalue weighted by molar-refractivity contribution is 6.30. The fraction of sp³-hybridized carbons (Fsp3) is 0.462. The van der Waals surface area contributed by atoms with E-state index in [1.807, 2.05) is 24.3 Å². The molecule has 1 aliphatic heterocycles. The molecule has 0 aromatic heterocycles. The molecule has 114 valence electrons. The van der Waals surface area contributed by atoms with E-state index in [1.165, 1.54) is 0 Å². The van der Waals surface area contributed by atoms with Crippen LogP contribution in [0, 0.1) is 0 Å². The van der Waals surface area contributed by atoms with Crippen LogP contribution in [0.2, 0.25) is 5.02 Å². The van der Waals surface area contributed by atoms with Crippen molar-refractivity contribution in [3.63, 3.8) is 0 Å². The minimum absolute atomic E-state index is 0. The van der Waals surface area contributed by atoms with Gasteiger partial charge in [-0.3, -0.25) is 9.69 Å². The summed E-state index contributed by atoms with van der Waals surface area (Å²) in [7, 11) is 0. The molecule has 1 aromatic rings. The average molecular weight is 341 g/mol.